The van der Waals surface area contributed by atoms with Crippen molar-refractivity contribution in [2.24, 2.45) is 0 Å². The third kappa shape index (κ3) is 36.0. The number of rotatable bonds is 17. The van der Waals surface area contributed by atoms with Crippen LogP contribution >= 0.6 is 0 Å². The van der Waals surface area contributed by atoms with Crippen LogP contribution in [0, 0.1) is 0 Å². The number of carbonyl (C=O) groups excluding carboxylic acids is 1. The van der Waals surface area contributed by atoms with E-state index >= 15 is 0 Å². The van der Waals surface area contributed by atoms with Crippen molar-refractivity contribution in [1.29, 1.82) is 0 Å². The van der Waals surface area contributed by atoms with E-state index in [-0.39, 0.29) is 19.2 Å². The Hall–Kier alpha value is -1.78. The molecule has 0 aliphatic heterocycles. The van der Waals surface area contributed by atoms with Crippen molar-refractivity contribution in [3.05, 3.63) is 24.8 Å². The van der Waals surface area contributed by atoms with Crippen LogP contribution in [0.25, 0.3) is 0 Å². The first-order valence-corrected chi connectivity index (χ1v) is 10.4. The van der Waals surface area contributed by atoms with Crippen LogP contribution in [0.4, 0.5) is 0 Å². The lowest BCUT2D eigenvalue weighted by Gasteiger charge is -2.08. The lowest BCUT2D eigenvalue weighted by Crippen LogP contribution is -2.19. The largest absolute Gasteiger partial charge is 0.478 e. The molecule has 0 saturated heterocycles. The molecule has 0 rings (SSSR count). The quantitative estimate of drug-likeness (QED) is 0.132. The van der Waals surface area contributed by atoms with Gasteiger partial charge in [-0.3, -0.25) is 0 Å². The maximum absolute atomic E-state index is 11.0. The summed E-state index contributed by atoms with van der Waals surface area (Å²) in [5, 5.41) is 24.8. The molecule has 0 amide bonds. The number of methoxy groups -OCH3 is 1. The number of unbranched alkanes of at least 4 members (excludes halogenated alkanes) is 5. The highest BCUT2D eigenvalue weighted by atomic mass is 16.6. The second kappa shape index (κ2) is 28.2. The van der Waals surface area contributed by atoms with E-state index < -0.39 is 12.3 Å². The average Bonchev–Trinajstić information content (AvgIpc) is 2.75. The Kier molecular flexibility index (Phi) is 30.8. The predicted octanol–water partition coefficient (Wildman–Crippen LogP) is 2.70. The summed E-state index contributed by atoms with van der Waals surface area (Å²) >= 11 is 0. The van der Waals surface area contributed by atoms with Crippen molar-refractivity contribution >= 4 is 11.9 Å². The minimum atomic E-state index is -0.981. The smallest absolute Gasteiger partial charge is 0.333 e. The van der Waals surface area contributed by atoms with Crippen molar-refractivity contribution in [3.63, 3.8) is 0 Å². The topological polar surface area (TPSA) is 132 Å². The van der Waals surface area contributed by atoms with E-state index in [1.54, 1.807) is 6.92 Å². The Morgan fingerprint density at radius 3 is 2.03 bits per heavy atom. The summed E-state index contributed by atoms with van der Waals surface area (Å²) in [6, 6.07) is 0. The fourth-order valence-corrected chi connectivity index (χ4v) is 1.71. The first kappa shape index (κ1) is 33.8. The minimum absolute atomic E-state index is 0.0146. The van der Waals surface area contributed by atoms with E-state index in [1.165, 1.54) is 32.8 Å². The van der Waals surface area contributed by atoms with Crippen LogP contribution in [0.1, 0.15) is 52.4 Å². The second-order valence-corrected chi connectivity index (χ2v) is 6.33. The summed E-state index contributed by atoms with van der Waals surface area (Å²) in [6.07, 6.45) is 7.22. The number of carbonyl (C=O) groups is 2. The predicted molar refractivity (Wildman–Crippen MR) is 119 cm³/mol. The fourth-order valence-electron chi connectivity index (χ4n) is 1.71. The molecule has 9 nitrogen and oxygen atoms in total. The highest BCUT2D eigenvalue weighted by Crippen LogP contribution is 2.05. The second-order valence-electron chi connectivity index (χ2n) is 6.33. The van der Waals surface area contributed by atoms with E-state index in [0.29, 0.717) is 32.0 Å². The van der Waals surface area contributed by atoms with Gasteiger partial charge in [0.2, 0.25) is 0 Å². The van der Waals surface area contributed by atoms with E-state index in [9.17, 15) is 9.59 Å². The summed E-state index contributed by atoms with van der Waals surface area (Å²) in [4.78, 5) is 20.2. The number of aliphatic hydroxyl groups is 2. The standard InChI is InChI=1S/C12H22O2.C7H16O5.C3H4O2/c1-4-5-6-7-8-9-10-14-12(13)11(2)3;1-10-7(9)6-12-5-4-11-3-2-8;1-2-3(4)5/h2,4-10H2,1,3H3;7-9H,2-6H2,1H3;2H,1H2,(H,4,5). The molecule has 0 aliphatic carbocycles. The Labute approximate surface area is 186 Å². The van der Waals surface area contributed by atoms with Gasteiger partial charge >= 0.3 is 11.9 Å². The summed E-state index contributed by atoms with van der Waals surface area (Å²) in [7, 11) is 1.40. The van der Waals surface area contributed by atoms with E-state index in [4.69, 9.17) is 29.5 Å². The normalized spacial score (nSPS) is 10.6. The van der Waals surface area contributed by atoms with Gasteiger partial charge in [0.1, 0.15) is 0 Å². The first-order chi connectivity index (χ1) is 14.8. The van der Waals surface area contributed by atoms with E-state index in [0.717, 1.165) is 18.9 Å². The molecule has 0 aromatic rings. The monoisotopic (exact) mass is 450 g/mol. The zero-order valence-corrected chi connectivity index (χ0v) is 19.3. The van der Waals surface area contributed by atoms with Crippen LogP contribution in [0.15, 0.2) is 24.8 Å². The Balaban J connectivity index is -0.000000419. The average molecular weight is 451 g/mol. The zero-order chi connectivity index (χ0) is 24.3. The van der Waals surface area contributed by atoms with Crippen LogP contribution in [0.2, 0.25) is 0 Å². The van der Waals surface area contributed by atoms with E-state index in [1.807, 2.05) is 0 Å². The molecule has 0 radical (unpaired) electrons. The molecule has 0 aromatic carbocycles. The Bertz CT molecular complexity index is 439. The molecule has 0 aromatic heterocycles. The minimum Gasteiger partial charge on any atom is -0.478 e. The Morgan fingerprint density at radius 2 is 1.55 bits per heavy atom. The third-order valence-corrected chi connectivity index (χ3v) is 3.39. The number of aliphatic hydroxyl groups excluding tert-OH is 2. The molecule has 0 spiro atoms. The fraction of sp³-hybridized carbons (Fsp3) is 0.727. The van der Waals surface area contributed by atoms with Crippen LogP contribution in [-0.4, -0.2) is 80.3 Å². The van der Waals surface area contributed by atoms with Crippen molar-refractivity contribution in [1.82, 2.24) is 0 Å². The summed E-state index contributed by atoms with van der Waals surface area (Å²) in [5.74, 6) is -1.25. The van der Waals surface area contributed by atoms with Crippen molar-refractivity contribution in [3.8, 4) is 0 Å². The molecule has 0 bridgehead atoms. The van der Waals surface area contributed by atoms with Gasteiger partial charge in [-0.05, 0) is 13.3 Å². The van der Waals surface area contributed by atoms with Gasteiger partial charge in [-0.1, -0.05) is 52.2 Å². The zero-order valence-electron chi connectivity index (χ0n) is 19.3. The lowest BCUT2D eigenvalue weighted by molar-refractivity contribution is -0.139. The Morgan fingerprint density at radius 1 is 1.00 bits per heavy atom. The molecule has 3 N–H and O–H groups in total. The number of ether oxygens (including phenoxy) is 4. The number of esters is 1. The molecule has 31 heavy (non-hydrogen) atoms. The summed E-state index contributed by atoms with van der Waals surface area (Å²) < 4.78 is 19.4. The lowest BCUT2D eigenvalue weighted by atomic mass is 10.1. The van der Waals surface area contributed by atoms with Crippen LogP contribution < -0.4 is 0 Å². The number of hydrogen-bond donors (Lipinski definition) is 3. The molecule has 184 valence electrons. The molecule has 1 unspecified atom stereocenters. The van der Waals surface area contributed by atoms with Crippen molar-refractivity contribution in [2.45, 2.75) is 58.7 Å². The molecular formula is C22H42O9. The van der Waals surface area contributed by atoms with Gasteiger partial charge in [-0.25, -0.2) is 9.59 Å². The van der Waals surface area contributed by atoms with Crippen LogP contribution in [0.3, 0.4) is 0 Å². The van der Waals surface area contributed by atoms with Gasteiger partial charge in [0.15, 0.2) is 6.29 Å². The summed E-state index contributed by atoms with van der Waals surface area (Å²) in [6.45, 7) is 12.2. The van der Waals surface area contributed by atoms with Crippen molar-refractivity contribution in [2.75, 3.05) is 46.8 Å². The number of aliphatic carboxylic acids is 1. The molecule has 0 aliphatic rings. The maximum Gasteiger partial charge on any atom is 0.333 e. The van der Waals surface area contributed by atoms with Crippen molar-refractivity contribution < 1.29 is 43.9 Å². The SMILES string of the molecule is C=C(C)C(=O)OCCCCCCCC.C=CC(=O)O.COC(O)COCCOCCO. The number of hydrogen-bond acceptors (Lipinski definition) is 8. The molecule has 9 heteroatoms. The van der Waals surface area contributed by atoms with Gasteiger partial charge in [0.05, 0.1) is 39.6 Å². The number of carboxylic acid groups (broad SMARTS) is 1. The highest BCUT2D eigenvalue weighted by Gasteiger charge is 2.01. The highest BCUT2D eigenvalue weighted by molar-refractivity contribution is 5.86. The van der Waals surface area contributed by atoms with Gasteiger partial charge in [-0.15, -0.1) is 0 Å². The molecule has 1 atom stereocenters. The van der Waals surface area contributed by atoms with Gasteiger partial charge in [0, 0.05) is 18.8 Å². The van der Waals surface area contributed by atoms with Crippen LogP contribution in [0.5, 0.6) is 0 Å². The van der Waals surface area contributed by atoms with Gasteiger partial charge in [0.25, 0.3) is 0 Å². The molecule has 0 fully saturated rings. The molecule has 0 heterocycles. The van der Waals surface area contributed by atoms with Gasteiger partial charge < -0.3 is 34.3 Å². The third-order valence-electron chi connectivity index (χ3n) is 3.39. The maximum atomic E-state index is 11.0. The van der Waals surface area contributed by atoms with Gasteiger partial charge in [-0.2, -0.15) is 0 Å². The molecular weight excluding hydrogens is 408 g/mol. The van der Waals surface area contributed by atoms with E-state index in [2.05, 4.69) is 24.8 Å². The summed E-state index contributed by atoms with van der Waals surface area (Å²) in [5.41, 5.74) is 0.482. The van der Waals surface area contributed by atoms with Crippen LogP contribution in [-0.2, 0) is 28.5 Å². The number of carboxylic acids is 1. The molecule has 0 saturated carbocycles. The first-order valence-electron chi connectivity index (χ1n) is 10.4.